The first-order valence-electron chi connectivity index (χ1n) is 9.06. The summed E-state index contributed by atoms with van der Waals surface area (Å²) in [6.45, 7) is 3.83. The van der Waals surface area contributed by atoms with Crippen molar-refractivity contribution in [2.45, 2.75) is 19.4 Å². The highest BCUT2D eigenvalue weighted by Crippen LogP contribution is 2.24. The number of rotatable bonds is 8. The van der Waals surface area contributed by atoms with E-state index in [1.54, 1.807) is 24.3 Å². The number of nitrogens with zero attached hydrogens (tertiary/aromatic N) is 1. The minimum Gasteiger partial charge on any atom is -0.408 e. The van der Waals surface area contributed by atoms with Crippen LogP contribution in [0, 0.1) is 0 Å². The van der Waals surface area contributed by atoms with Gasteiger partial charge in [-0.15, -0.1) is 0 Å². The minimum atomic E-state index is -0.806. The number of amides is 1. The molecule has 1 atom stereocenters. The number of hydrogen-bond donors (Lipinski definition) is 3. The van der Waals surface area contributed by atoms with Crippen LogP contribution >= 0.6 is 0 Å². The summed E-state index contributed by atoms with van der Waals surface area (Å²) in [5.41, 5.74) is 1.45. The average molecular weight is 392 g/mol. The summed E-state index contributed by atoms with van der Waals surface area (Å²) in [6, 6.07) is 4.70. The molecule has 0 fully saturated rings. The Bertz CT molecular complexity index is 963. The number of carbonyl (C=O) groups excluding carboxylic acids is 1. The Kier molecular flexibility index (Phi) is 6.37. The number of aromatic nitrogens is 1. The zero-order valence-corrected chi connectivity index (χ0v) is 15.4. The van der Waals surface area contributed by atoms with Crippen molar-refractivity contribution in [3.8, 4) is 0 Å². The second-order valence-electron chi connectivity index (χ2n) is 6.46. The zero-order valence-electron chi connectivity index (χ0n) is 15.4. The summed E-state index contributed by atoms with van der Waals surface area (Å²) in [5.74, 6) is -2.33. The van der Waals surface area contributed by atoms with Crippen LogP contribution in [0.15, 0.2) is 51.2 Å². The van der Waals surface area contributed by atoms with Gasteiger partial charge in [0.1, 0.15) is 5.83 Å². The standard InChI is InChI=1S/C19H22F2N4O3/c1-2-25(13-4-5-14(20)15(21)10-13)8-7-22-11-18(26)23-12-3-6-16-17(9-12)28-19(27)24-16/h3-6,9,13,22H,2,7-8,10-11H2,1H3,(H,23,26)(H,24,27). The van der Waals surface area contributed by atoms with Crippen LogP contribution in [0.4, 0.5) is 14.5 Å². The maximum atomic E-state index is 13.5. The highest BCUT2D eigenvalue weighted by atomic mass is 19.2. The van der Waals surface area contributed by atoms with Crippen molar-refractivity contribution in [3.63, 3.8) is 0 Å². The Morgan fingerprint density at radius 1 is 1.39 bits per heavy atom. The molecule has 3 N–H and O–H groups in total. The van der Waals surface area contributed by atoms with Crippen molar-refractivity contribution in [1.82, 2.24) is 15.2 Å². The van der Waals surface area contributed by atoms with Gasteiger partial charge in [0, 0.05) is 37.3 Å². The summed E-state index contributed by atoms with van der Waals surface area (Å²) in [4.78, 5) is 27.7. The van der Waals surface area contributed by atoms with Crippen LogP contribution < -0.4 is 16.4 Å². The molecule has 28 heavy (non-hydrogen) atoms. The van der Waals surface area contributed by atoms with E-state index in [0.717, 1.165) is 6.08 Å². The number of oxazole rings is 1. The van der Waals surface area contributed by atoms with Crippen LogP contribution in [0.2, 0.25) is 0 Å². The molecule has 7 nitrogen and oxygen atoms in total. The SMILES string of the molecule is CCN(CCNCC(=O)Nc1ccc2[nH]c(=O)oc2c1)C1C=CC(F)=C(F)C1. The van der Waals surface area contributed by atoms with E-state index in [1.165, 1.54) is 0 Å². The van der Waals surface area contributed by atoms with Crippen molar-refractivity contribution >= 4 is 22.7 Å². The lowest BCUT2D eigenvalue weighted by molar-refractivity contribution is -0.115. The molecule has 0 saturated heterocycles. The highest BCUT2D eigenvalue weighted by Gasteiger charge is 2.21. The monoisotopic (exact) mass is 392 g/mol. The van der Waals surface area contributed by atoms with Crippen molar-refractivity contribution < 1.29 is 18.0 Å². The predicted octanol–water partition coefficient (Wildman–Crippen LogP) is 2.45. The third-order valence-electron chi connectivity index (χ3n) is 4.55. The van der Waals surface area contributed by atoms with Crippen molar-refractivity contribution in [2.75, 3.05) is 31.5 Å². The lowest BCUT2D eigenvalue weighted by Crippen LogP contribution is -2.41. The summed E-state index contributed by atoms with van der Waals surface area (Å²) in [6.07, 6.45) is 2.84. The molecule has 1 unspecified atom stereocenters. The number of benzene rings is 1. The van der Waals surface area contributed by atoms with Crippen LogP contribution in [0.25, 0.3) is 11.1 Å². The van der Waals surface area contributed by atoms with Gasteiger partial charge in [-0.2, -0.15) is 0 Å². The summed E-state index contributed by atoms with van der Waals surface area (Å²) in [5, 5.41) is 5.75. The van der Waals surface area contributed by atoms with E-state index in [2.05, 4.69) is 15.6 Å². The minimum absolute atomic E-state index is 0.0222. The molecule has 0 aliphatic heterocycles. The van der Waals surface area contributed by atoms with Gasteiger partial charge in [-0.05, 0) is 24.8 Å². The molecular formula is C19H22F2N4O3. The molecule has 0 spiro atoms. The average Bonchev–Trinajstić information content (AvgIpc) is 3.03. The summed E-state index contributed by atoms with van der Waals surface area (Å²) < 4.78 is 31.5. The molecule has 1 aromatic carbocycles. The van der Waals surface area contributed by atoms with E-state index in [-0.39, 0.29) is 24.9 Å². The Morgan fingerprint density at radius 2 is 2.21 bits per heavy atom. The van der Waals surface area contributed by atoms with Gasteiger partial charge in [-0.25, -0.2) is 13.6 Å². The quantitative estimate of drug-likeness (QED) is 0.601. The largest absolute Gasteiger partial charge is 0.417 e. The Hall–Kier alpha value is -2.78. The molecule has 2 aromatic rings. The number of nitrogens with one attached hydrogen (secondary N) is 3. The number of anilines is 1. The Morgan fingerprint density at radius 3 is 2.96 bits per heavy atom. The van der Waals surface area contributed by atoms with Gasteiger partial charge in [-0.1, -0.05) is 13.0 Å². The number of allylic oxidation sites excluding steroid dienone is 2. The van der Waals surface area contributed by atoms with Gasteiger partial charge in [0.25, 0.3) is 0 Å². The zero-order chi connectivity index (χ0) is 20.1. The molecule has 0 radical (unpaired) electrons. The first kappa shape index (κ1) is 20.0. The van der Waals surface area contributed by atoms with E-state index >= 15 is 0 Å². The van der Waals surface area contributed by atoms with Crippen LogP contribution in [0.1, 0.15) is 13.3 Å². The molecule has 150 valence electrons. The van der Waals surface area contributed by atoms with Crippen molar-refractivity contribution in [1.29, 1.82) is 0 Å². The van der Waals surface area contributed by atoms with Gasteiger partial charge in [0.15, 0.2) is 11.4 Å². The lowest BCUT2D eigenvalue weighted by Gasteiger charge is -2.29. The number of hydrogen-bond acceptors (Lipinski definition) is 5. The van der Waals surface area contributed by atoms with E-state index in [1.807, 2.05) is 11.8 Å². The number of likely N-dealkylation sites (N-methyl/N-ethyl adjacent to an activating group) is 1. The molecule has 1 aliphatic carbocycles. The Labute approximate surface area is 160 Å². The number of halogens is 2. The highest BCUT2D eigenvalue weighted by molar-refractivity contribution is 5.93. The van der Waals surface area contributed by atoms with Gasteiger partial charge in [0.2, 0.25) is 5.91 Å². The van der Waals surface area contributed by atoms with Crippen LogP contribution in [0.5, 0.6) is 0 Å². The second-order valence-corrected chi connectivity index (χ2v) is 6.46. The smallest absolute Gasteiger partial charge is 0.408 e. The molecule has 1 aliphatic rings. The molecule has 1 aromatic heterocycles. The number of carbonyl (C=O) groups is 1. The molecule has 0 bridgehead atoms. The molecule has 9 heteroatoms. The molecule has 1 heterocycles. The van der Waals surface area contributed by atoms with Crippen molar-refractivity contribution in [2.24, 2.45) is 0 Å². The molecular weight excluding hydrogens is 370 g/mol. The van der Waals surface area contributed by atoms with E-state index < -0.39 is 17.4 Å². The fourth-order valence-electron chi connectivity index (χ4n) is 3.10. The van der Waals surface area contributed by atoms with Crippen LogP contribution in [0.3, 0.4) is 0 Å². The van der Waals surface area contributed by atoms with Crippen molar-refractivity contribution in [3.05, 3.63) is 52.6 Å². The maximum absolute atomic E-state index is 13.5. The van der Waals surface area contributed by atoms with Crippen LogP contribution in [-0.2, 0) is 4.79 Å². The van der Waals surface area contributed by atoms with E-state index in [0.29, 0.717) is 36.4 Å². The first-order valence-corrected chi connectivity index (χ1v) is 9.06. The first-order chi connectivity index (χ1) is 13.5. The van der Waals surface area contributed by atoms with Gasteiger partial charge >= 0.3 is 5.76 Å². The number of fused-ring (bicyclic) bond motifs is 1. The normalized spacial score (nSPS) is 16.9. The van der Waals surface area contributed by atoms with E-state index in [4.69, 9.17) is 4.42 Å². The second kappa shape index (κ2) is 8.94. The maximum Gasteiger partial charge on any atom is 0.417 e. The lowest BCUT2D eigenvalue weighted by atomic mass is 10.1. The number of H-pyrrole nitrogens is 1. The summed E-state index contributed by atoms with van der Waals surface area (Å²) >= 11 is 0. The topological polar surface area (TPSA) is 90.4 Å². The molecule has 1 amide bonds. The van der Waals surface area contributed by atoms with Crippen LogP contribution in [-0.4, -0.2) is 48.0 Å². The van der Waals surface area contributed by atoms with Gasteiger partial charge in [-0.3, -0.25) is 14.7 Å². The number of aromatic amines is 1. The predicted molar refractivity (Wildman–Crippen MR) is 102 cm³/mol. The fraction of sp³-hybridized carbons (Fsp3) is 0.368. The third-order valence-corrected chi connectivity index (χ3v) is 4.55. The van der Waals surface area contributed by atoms with E-state index in [9.17, 15) is 18.4 Å². The van der Waals surface area contributed by atoms with Gasteiger partial charge < -0.3 is 15.1 Å². The third kappa shape index (κ3) is 4.93. The molecule has 3 rings (SSSR count). The summed E-state index contributed by atoms with van der Waals surface area (Å²) in [7, 11) is 0. The Balaban J connectivity index is 1.43. The fourth-order valence-corrected chi connectivity index (χ4v) is 3.10. The van der Waals surface area contributed by atoms with Gasteiger partial charge in [0.05, 0.1) is 12.1 Å². The molecule has 0 saturated carbocycles.